The lowest BCUT2D eigenvalue weighted by atomic mass is 9.84. The van der Waals surface area contributed by atoms with Crippen molar-refractivity contribution in [3.05, 3.63) is 89.9 Å². The fourth-order valence-corrected chi connectivity index (χ4v) is 7.41. The summed E-state index contributed by atoms with van der Waals surface area (Å²) in [6.45, 7) is 8.99. The van der Waals surface area contributed by atoms with Gasteiger partial charge in [0.2, 0.25) is 5.91 Å². The molecule has 1 aliphatic rings. The molecule has 386 valence electrons. The first kappa shape index (κ1) is 58.7. The number of imide groups is 1. The molecule has 0 bridgehead atoms. The molecule has 0 spiro atoms. The minimum atomic E-state index is -5.08. The first-order valence-electron chi connectivity index (χ1n) is 22.2. The molecule has 23 heteroatoms. The van der Waals surface area contributed by atoms with Crippen molar-refractivity contribution in [2.45, 2.75) is 71.3 Å². The molecular weight excluding hydrogens is 954 g/mol. The predicted molar refractivity (Wildman–Crippen MR) is 246 cm³/mol. The number of carbonyl (C=O) groups is 6. The van der Waals surface area contributed by atoms with E-state index in [4.69, 9.17) is 39.6 Å². The van der Waals surface area contributed by atoms with Crippen LogP contribution in [0.3, 0.4) is 0 Å². The predicted octanol–water partition coefficient (Wildman–Crippen LogP) is 5.69. The summed E-state index contributed by atoms with van der Waals surface area (Å²) in [5, 5.41) is 16.7. The highest BCUT2D eigenvalue weighted by atomic mass is 32.2. The summed E-state index contributed by atoms with van der Waals surface area (Å²) in [6, 6.07) is 10.7. The minimum Gasteiger partial charge on any atom is -0.480 e. The number of amides is 3. The number of thioether (sulfide) groups is 1. The zero-order valence-electron chi connectivity index (χ0n) is 39.2. The summed E-state index contributed by atoms with van der Waals surface area (Å²) < 4.78 is 85.2. The second-order valence-electron chi connectivity index (χ2n) is 16.7. The smallest absolute Gasteiger partial charge is 0.480 e. The van der Waals surface area contributed by atoms with Crippen molar-refractivity contribution in [2.24, 2.45) is 11.1 Å². The van der Waals surface area contributed by atoms with Crippen LogP contribution in [0.4, 0.5) is 22.0 Å². The molecule has 0 saturated carbocycles. The van der Waals surface area contributed by atoms with E-state index in [-0.39, 0.29) is 79.5 Å². The van der Waals surface area contributed by atoms with Crippen LogP contribution in [0.5, 0.6) is 0 Å². The molecule has 4 N–H and O–H groups in total. The Morgan fingerprint density at radius 2 is 1.40 bits per heavy atom. The van der Waals surface area contributed by atoms with Crippen LogP contribution >= 0.6 is 11.8 Å². The molecule has 1 aromatic heterocycles. The van der Waals surface area contributed by atoms with E-state index >= 15 is 4.39 Å². The fraction of sp³-hybridized carbons (Fsp3) is 0.511. The Morgan fingerprint density at radius 3 is 1.96 bits per heavy atom. The van der Waals surface area contributed by atoms with Crippen molar-refractivity contribution in [1.82, 2.24) is 19.4 Å². The normalized spacial score (nSPS) is 13.5. The van der Waals surface area contributed by atoms with Crippen molar-refractivity contribution in [3.8, 4) is 11.3 Å². The van der Waals surface area contributed by atoms with E-state index in [1.54, 1.807) is 11.1 Å². The Kier molecular flexibility index (Phi) is 24.8. The van der Waals surface area contributed by atoms with E-state index in [0.717, 1.165) is 28.7 Å². The first-order valence-corrected chi connectivity index (χ1v) is 23.3. The van der Waals surface area contributed by atoms with Crippen molar-refractivity contribution in [2.75, 3.05) is 77.5 Å². The highest BCUT2D eigenvalue weighted by molar-refractivity contribution is 7.99. The SMILES string of the molecule is CC(C)(C)[C@H](c1nc(-c2cc(F)ccc2F)cn1Cc1ccccc1)N(CCC(N)C(=O)O)C(=O)CSCCOCCOCCOCCOCCC(=O)CCCN1C(=O)C=CC1=O.O=C(O)C(F)(F)F. The van der Waals surface area contributed by atoms with Gasteiger partial charge in [-0.25, -0.2) is 18.6 Å². The third-order valence-electron chi connectivity index (χ3n) is 10.1. The average Bonchev–Trinajstić information content (AvgIpc) is 3.85. The van der Waals surface area contributed by atoms with Crippen LogP contribution in [0.15, 0.2) is 66.9 Å². The molecule has 0 aliphatic carbocycles. The van der Waals surface area contributed by atoms with Crippen molar-refractivity contribution < 1.29 is 79.9 Å². The maximum atomic E-state index is 15.1. The fourth-order valence-electron chi connectivity index (χ4n) is 6.69. The van der Waals surface area contributed by atoms with Gasteiger partial charge in [-0.2, -0.15) is 13.2 Å². The summed E-state index contributed by atoms with van der Waals surface area (Å²) in [5.74, 6) is -5.23. The van der Waals surface area contributed by atoms with Crippen molar-refractivity contribution in [1.29, 1.82) is 0 Å². The number of imidazole rings is 1. The summed E-state index contributed by atoms with van der Waals surface area (Å²) >= 11 is 1.36. The Labute approximate surface area is 406 Å². The number of nitrogens with two attached hydrogens (primary N) is 1. The van der Waals surface area contributed by atoms with Crippen LogP contribution < -0.4 is 5.73 Å². The largest absolute Gasteiger partial charge is 0.490 e. The highest BCUT2D eigenvalue weighted by Crippen LogP contribution is 2.40. The van der Waals surface area contributed by atoms with Gasteiger partial charge in [-0.05, 0) is 42.0 Å². The number of halogens is 5. The summed E-state index contributed by atoms with van der Waals surface area (Å²) in [6.07, 6.45) is -0.0986. The molecule has 70 heavy (non-hydrogen) atoms. The molecule has 0 saturated heterocycles. The molecule has 2 aromatic carbocycles. The minimum absolute atomic E-state index is 0.00318. The number of carbonyl (C=O) groups excluding carboxylic acids is 4. The number of hydrogen-bond acceptors (Lipinski definition) is 13. The van der Waals surface area contributed by atoms with Gasteiger partial charge in [0.05, 0.1) is 70.3 Å². The number of carboxylic acids is 2. The van der Waals surface area contributed by atoms with Crippen LogP contribution in [0.25, 0.3) is 11.3 Å². The molecule has 0 radical (unpaired) electrons. The number of aromatic nitrogens is 2. The van der Waals surface area contributed by atoms with Crippen LogP contribution in [0.2, 0.25) is 0 Å². The molecule has 3 aromatic rings. The molecule has 1 unspecified atom stereocenters. The number of alkyl halides is 3. The van der Waals surface area contributed by atoms with Gasteiger partial charge in [-0.15, -0.1) is 11.8 Å². The van der Waals surface area contributed by atoms with Gasteiger partial charge < -0.3 is 44.4 Å². The molecule has 17 nitrogen and oxygen atoms in total. The van der Waals surface area contributed by atoms with Crippen molar-refractivity contribution in [3.63, 3.8) is 0 Å². The molecular formula is C47H60F5N5O12S. The van der Waals surface area contributed by atoms with Gasteiger partial charge in [0.1, 0.15) is 29.3 Å². The molecule has 2 atom stereocenters. The number of nitrogens with zero attached hydrogens (tertiary/aromatic N) is 4. The van der Waals surface area contributed by atoms with Gasteiger partial charge in [0, 0.05) is 62.1 Å². The molecule has 1 aliphatic heterocycles. The number of Topliss-reactive ketones (excluding diaryl/α,β-unsaturated/α-hetero) is 1. The highest BCUT2D eigenvalue weighted by Gasteiger charge is 2.39. The lowest BCUT2D eigenvalue weighted by Crippen LogP contribution is -2.46. The number of carboxylic acid groups (broad SMARTS) is 2. The van der Waals surface area contributed by atoms with Crippen LogP contribution in [0, 0.1) is 17.0 Å². The third-order valence-corrected chi connectivity index (χ3v) is 11.0. The Bertz CT molecular complexity index is 2190. The van der Waals surface area contributed by atoms with E-state index in [1.807, 2.05) is 55.7 Å². The zero-order chi connectivity index (χ0) is 51.9. The summed E-state index contributed by atoms with van der Waals surface area (Å²) in [7, 11) is 0. The molecule has 3 amide bonds. The Morgan fingerprint density at radius 1 is 0.829 bits per heavy atom. The van der Waals surface area contributed by atoms with E-state index in [0.29, 0.717) is 70.8 Å². The lowest BCUT2D eigenvalue weighted by molar-refractivity contribution is -0.192. The number of rotatable bonds is 30. The molecule has 0 fully saturated rings. The number of ether oxygens (including phenoxy) is 4. The second kappa shape index (κ2) is 29.6. The maximum Gasteiger partial charge on any atom is 0.490 e. The summed E-state index contributed by atoms with van der Waals surface area (Å²) in [5.41, 5.74) is 6.35. The molecule has 2 heterocycles. The lowest BCUT2D eigenvalue weighted by Gasteiger charge is -2.40. The van der Waals surface area contributed by atoms with E-state index in [1.165, 1.54) is 23.9 Å². The van der Waals surface area contributed by atoms with Crippen LogP contribution in [-0.2, 0) is 54.3 Å². The average molecular weight is 1010 g/mol. The van der Waals surface area contributed by atoms with Crippen molar-refractivity contribution >= 4 is 47.2 Å². The third kappa shape index (κ3) is 20.8. The number of ketones is 1. The topological polar surface area (TPSA) is 230 Å². The van der Waals surface area contributed by atoms with E-state index in [9.17, 15) is 46.6 Å². The number of benzene rings is 2. The Hall–Kier alpha value is -5.59. The Balaban J connectivity index is 0.00000171. The van der Waals surface area contributed by atoms with Gasteiger partial charge >= 0.3 is 18.1 Å². The van der Waals surface area contributed by atoms with Crippen LogP contribution in [-0.4, -0.2) is 155 Å². The molecule has 4 rings (SSSR count). The quantitative estimate of drug-likeness (QED) is 0.0414. The first-order chi connectivity index (χ1) is 33.1. The standard InChI is InChI=1S/C45H59F2N5O10S.C2HF3O2/c1-45(2,3)42(43-49-38(35-28-33(46)11-12-36(35)47)30-50(43)29-32-8-5-4-6-9-32)52(18-15-37(48)44(57)58)41(56)31-63-27-26-62-25-24-61-23-22-60-21-20-59-19-16-34(53)10-7-17-51-39(54)13-14-40(51)55;3-2(4,5)1(6)7/h4-6,8-9,11-14,28,30,37,42H,7,10,15-27,29,31,48H2,1-3H3,(H,57,58);(H,6,7)/t37?,42-;/m0./s1. The number of aliphatic carboxylic acids is 2. The van der Waals surface area contributed by atoms with E-state index < -0.39 is 47.2 Å². The van der Waals surface area contributed by atoms with Gasteiger partial charge in [0.15, 0.2) is 0 Å². The number of hydrogen-bond donors (Lipinski definition) is 3. The van der Waals surface area contributed by atoms with Gasteiger partial charge in [0.25, 0.3) is 11.8 Å². The maximum absolute atomic E-state index is 15.1. The summed E-state index contributed by atoms with van der Waals surface area (Å²) in [4.78, 5) is 77.5. The monoisotopic (exact) mass is 1010 g/mol. The second-order valence-corrected chi connectivity index (χ2v) is 17.8. The van der Waals surface area contributed by atoms with Gasteiger partial charge in [-0.3, -0.25) is 28.9 Å². The van der Waals surface area contributed by atoms with Gasteiger partial charge in [-0.1, -0.05) is 51.1 Å². The zero-order valence-corrected chi connectivity index (χ0v) is 40.0. The van der Waals surface area contributed by atoms with Crippen LogP contribution in [0.1, 0.15) is 63.9 Å². The van der Waals surface area contributed by atoms with E-state index in [2.05, 4.69) is 0 Å².